The highest BCUT2D eigenvalue weighted by molar-refractivity contribution is 7.17. The van der Waals surface area contributed by atoms with Crippen LogP contribution in [0.5, 0.6) is 5.75 Å². The zero-order chi connectivity index (χ0) is 23.1. The van der Waals surface area contributed by atoms with Gasteiger partial charge in [-0.2, -0.15) is 0 Å². The molecule has 3 rings (SSSR count). The highest BCUT2D eigenvalue weighted by Crippen LogP contribution is 2.35. The van der Waals surface area contributed by atoms with E-state index >= 15 is 0 Å². The van der Waals surface area contributed by atoms with Crippen molar-refractivity contribution in [2.45, 2.75) is 64.8 Å². The molecule has 0 saturated carbocycles. The standard InChI is InChI=1S/C25H36FN3O2S/c1-5-10-20(29-14-8-6-7-9-15-29)13-16-28(3)25(30)23-18(2)27-24(32-23)21-17-19(26)11-12-22(21)31-4/h11-12,17,20H,5-10,13-16H2,1-4H3. The summed E-state index contributed by atoms with van der Waals surface area (Å²) >= 11 is 1.30. The topological polar surface area (TPSA) is 45.7 Å². The van der Waals surface area contributed by atoms with E-state index in [1.54, 1.807) is 13.2 Å². The van der Waals surface area contributed by atoms with Crippen LogP contribution in [0.3, 0.4) is 0 Å². The van der Waals surface area contributed by atoms with Gasteiger partial charge in [0.1, 0.15) is 21.5 Å². The van der Waals surface area contributed by atoms with E-state index in [-0.39, 0.29) is 11.7 Å². The fraction of sp³-hybridized carbons (Fsp3) is 0.600. The van der Waals surface area contributed by atoms with Gasteiger partial charge >= 0.3 is 0 Å². The molecule has 0 bridgehead atoms. The maximum absolute atomic E-state index is 13.8. The van der Waals surface area contributed by atoms with Crippen molar-refractivity contribution in [1.82, 2.24) is 14.8 Å². The highest BCUT2D eigenvalue weighted by atomic mass is 32.1. The van der Waals surface area contributed by atoms with Gasteiger partial charge in [0.2, 0.25) is 0 Å². The molecule has 0 radical (unpaired) electrons. The average molecular weight is 462 g/mol. The molecule has 1 saturated heterocycles. The van der Waals surface area contributed by atoms with Crippen molar-refractivity contribution < 1.29 is 13.9 Å². The summed E-state index contributed by atoms with van der Waals surface area (Å²) in [5, 5.41) is 0.601. The van der Waals surface area contributed by atoms with Crippen molar-refractivity contribution in [1.29, 1.82) is 0 Å². The number of likely N-dealkylation sites (tertiary alicyclic amines) is 1. The monoisotopic (exact) mass is 461 g/mol. The first-order valence-corrected chi connectivity index (χ1v) is 12.6. The van der Waals surface area contributed by atoms with Gasteiger partial charge in [0, 0.05) is 19.6 Å². The molecule has 5 nitrogen and oxygen atoms in total. The predicted octanol–water partition coefficient (Wildman–Crippen LogP) is 5.77. The number of hydrogen-bond donors (Lipinski definition) is 0. The molecule has 1 aromatic heterocycles. The zero-order valence-corrected chi connectivity index (χ0v) is 20.6. The molecule has 0 spiro atoms. The third-order valence-electron chi connectivity index (χ3n) is 6.31. The van der Waals surface area contributed by atoms with Crippen LogP contribution in [-0.2, 0) is 0 Å². The summed E-state index contributed by atoms with van der Waals surface area (Å²) in [5.74, 6) is 0.175. The second-order valence-electron chi connectivity index (χ2n) is 8.69. The summed E-state index contributed by atoms with van der Waals surface area (Å²) in [7, 11) is 3.42. The molecule has 1 unspecified atom stereocenters. The lowest BCUT2D eigenvalue weighted by molar-refractivity contribution is 0.0776. The Morgan fingerprint density at radius 2 is 1.97 bits per heavy atom. The van der Waals surface area contributed by atoms with Crippen LogP contribution in [0.15, 0.2) is 18.2 Å². The van der Waals surface area contributed by atoms with Gasteiger partial charge < -0.3 is 14.5 Å². The molecule has 2 heterocycles. The summed E-state index contributed by atoms with van der Waals surface area (Å²) in [6.45, 7) is 7.15. The van der Waals surface area contributed by atoms with Crippen molar-refractivity contribution in [2.24, 2.45) is 0 Å². The summed E-state index contributed by atoms with van der Waals surface area (Å²) in [6.07, 6.45) is 8.53. The predicted molar refractivity (Wildman–Crippen MR) is 129 cm³/mol. The Bertz CT molecular complexity index is 893. The first kappa shape index (κ1) is 24.6. The molecule has 1 aliphatic heterocycles. The average Bonchev–Trinajstić information content (AvgIpc) is 2.98. The Kier molecular flexibility index (Phi) is 9.05. The molecule has 0 N–H and O–H groups in total. The zero-order valence-electron chi connectivity index (χ0n) is 19.8. The van der Waals surface area contributed by atoms with Crippen LogP contribution in [0, 0.1) is 12.7 Å². The number of benzene rings is 1. The number of ether oxygens (including phenoxy) is 1. The van der Waals surface area contributed by atoms with E-state index in [4.69, 9.17) is 4.74 Å². The number of hydrogen-bond acceptors (Lipinski definition) is 5. The van der Waals surface area contributed by atoms with Gasteiger partial charge in [-0.25, -0.2) is 9.37 Å². The van der Waals surface area contributed by atoms with E-state index in [1.807, 2.05) is 18.9 Å². The fourth-order valence-corrected chi connectivity index (χ4v) is 5.56. The Labute approximate surface area is 195 Å². The van der Waals surface area contributed by atoms with Gasteiger partial charge in [-0.3, -0.25) is 4.79 Å². The number of nitrogens with zero attached hydrogens (tertiary/aromatic N) is 3. The lowest BCUT2D eigenvalue weighted by atomic mass is 10.1. The molecule has 2 aromatic rings. The number of aromatic nitrogens is 1. The van der Waals surface area contributed by atoms with Crippen molar-refractivity contribution in [3.8, 4) is 16.3 Å². The second-order valence-corrected chi connectivity index (χ2v) is 9.69. The van der Waals surface area contributed by atoms with Crippen molar-refractivity contribution in [3.63, 3.8) is 0 Å². The van der Waals surface area contributed by atoms with Crippen LogP contribution in [-0.4, -0.2) is 60.5 Å². The maximum atomic E-state index is 13.8. The molecule has 1 atom stereocenters. The van der Waals surface area contributed by atoms with Crippen LogP contribution < -0.4 is 4.74 Å². The van der Waals surface area contributed by atoms with E-state index in [0.29, 0.717) is 32.9 Å². The Balaban J connectivity index is 1.70. The number of amides is 1. The van der Waals surface area contributed by atoms with Gasteiger partial charge in [-0.1, -0.05) is 26.2 Å². The minimum atomic E-state index is -0.353. The second kappa shape index (κ2) is 11.8. The molecule has 32 heavy (non-hydrogen) atoms. The maximum Gasteiger partial charge on any atom is 0.265 e. The third kappa shape index (κ3) is 6.07. The van der Waals surface area contributed by atoms with Crippen LogP contribution in [0.25, 0.3) is 10.6 Å². The Hall–Kier alpha value is -1.99. The molecule has 0 aliphatic carbocycles. The molecule has 1 amide bonds. The summed E-state index contributed by atoms with van der Waals surface area (Å²) in [4.78, 5) is 22.8. The number of carbonyl (C=O) groups excluding carboxylic acids is 1. The number of methoxy groups -OCH3 is 1. The van der Waals surface area contributed by atoms with Crippen LogP contribution in [0.1, 0.15) is 67.2 Å². The molecular formula is C25H36FN3O2S. The third-order valence-corrected chi connectivity index (χ3v) is 7.48. The smallest absolute Gasteiger partial charge is 0.265 e. The van der Waals surface area contributed by atoms with Gasteiger partial charge in [-0.15, -0.1) is 11.3 Å². The quantitative estimate of drug-likeness (QED) is 0.475. The fourth-order valence-electron chi connectivity index (χ4n) is 4.48. The van der Waals surface area contributed by atoms with Crippen LogP contribution in [0.2, 0.25) is 0 Å². The van der Waals surface area contributed by atoms with Crippen LogP contribution in [0.4, 0.5) is 4.39 Å². The number of thiazole rings is 1. The Morgan fingerprint density at radius 1 is 1.25 bits per heavy atom. The van der Waals surface area contributed by atoms with Gasteiger partial charge in [0.25, 0.3) is 5.91 Å². The normalized spacial score (nSPS) is 15.9. The largest absolute Gasteiger partial charge is 0.496 e. The molecular weight excluding hydrogens is 425 g/mol. The minimum absolute atomic E-state index is 0.0206. The molecule has 1 aromatic carbocycles. The number of aryl methyl sites for hydroxylation is 1. The Morgan fingerprint density at radius 3 is 2.62 bits per heavy atom. The lowest BCUT2D eigenvalue weighted by Gasteiger charge is -2.32. The van der Waals surface area contributed by atoms with E-state index in [2.05, 4.69) is 16.8 Å². The van der Waals surface area contributed by atoms with Crippen molar-refractivity contribution in [2.75, 3.05) is 33.8 Å². The van der Waals surface area contributed by atoms with Crippen LogP contribution >= 0.6 is 11.3 Å². The number of halogens is 1. The van der Waals surface area contributed by atoms with E-state index < -0.39 is 0 Å². The van der Waals surface area contributed by atoms with E-state index in [1.165, 1.54) is 68.7 Å². The summed E-state index contributed by atoms with van der Waals surface area (Å²) in [6, 6.07) is 4.89. The van der Waals surface area contributed by atoms with Gasteiger partial charge in [0.05, 0.1) is 18.4 Å². The van der Waals surface area contributed by atoms with Gasteiger partial charge in [-0.05, 0) is 63.9 Å². The highest BCUT2D eigenvalue weighted by Gasteiger charge is 2.24. The number of carbonyl (C=O) groups is 1. The van der Waals surface area contributed by atoms with E-state index in [9.17, 15) is 9.18 Å². The van der Waals surface area contributed by atoms with Crippen molar-refractivity contribution >= 4 is 17.2 Å². The number of rotatable bonds is 9. The summed E-state index contributed by atoms with van der Waals surface area (Å²) < 4.78 is 19.2. The first-order chi connectivity index (χ1) is 15.4. The first-order valence-electron chi connectivity index (χ1n) is 11.8. The molecule has 176 valence electrons. The van der Waals surface area contributed by atoms with Crippen molar-refractivity contribution in [3.05, 3.63) is 34.6 Å². The molecule has 1 aliphatic rings. The van der Waals surface area contributed by atoms with E-state index in [0.717, 1.165) is 19.4 Å². The SMILES string of the molecule is CCCC(CCN(C)C(=O)c1sc(-c2cc(F)ccc2OC)nc1C)N1CCCCCC1. The molecule has 7 heteroatoms. The van der Waals surface area contributed by atoms with Gasteiger partial charge in [0.15, 0.2) is 0 Å². The minimum Gasteiger partial charge on any atom is -0.496 e. The summed E-state index contributed by atoms with van der Waals surface area (Å²) in [5.41, 5.74) is 1.25. The molecule has 1 fully saturated rings. The lowest BCUT2D eigenvalue weighted by Crippen LogP contribution is -2.39.